The first-order chi connectivity index (χ1) is 10.9. The standard InChI is InChI=1S/C18H26N2O3/c1-11-6-4-7-14(10-11)23-13(3)18(22)20-16-9-5-8-15(12(16)2)17(19)21/h5,8-9,11,13-14H,4,6-7,10H2,1-3H3,(H2,19,21)(H,20,22)/t11-,13+,14-/m1/s1. The van der Waals surface area contributed by atoms with Gasteiger partial charge in [-0.2, -0.15) is 0 Å². The molecule has 2 amide bonds. The summed E-state index contributed by atoms with van der Waals surface area (Å²) < 4.78 is 5.91. The van der Waals surface area contributed by atoms with Crippen LogP contribution < -0.4 is 11.1 Å². The molecule has 126 valence electrons. The SMILES string of the molecule is Cc1c(NC(=O)[C@H](C)O[C@@H]2CCC[C@@H](C)C2)cccc1C(N)=O. The van der Waals surface area contributed by atoms with Gasteiger partial charge in [-0.25, -0.2) is 0 Å². The molecule has 1 aliphatic carbocycles. The third-order valence-corrected chi connectivity index (χ3v) is 4.51. The molecule has 0 bridgehead atoms. The van der Waals surface area contributed by atoms with Gasteiger partial charge in [-0.3, -0.25) is 9.59 Å². The monoisotopic (exact) mass is 318 g/mol. The van der Waals surface area contributed by atoms with Crippen molar-refractivity contribution in [2.24, 2.45) is 11.7 Å². The smallest absolute Gasteiger partial charge is 0.253 e. The van der Waals surface area contributed by atoms with Crippen molar-refractivity contribution in [3.05, 3.63) is 29.3 Å². The van der Waals surface area contributed by atoms with Gasteiger partial charge in [0, 0.05) is 11.3 Å². The third kappa shape index (κ3) is 4.55. The molecule has 1 aliphatic rings. The van der Waals surface area contributed by atoms with Crippen LogP contribution in [-0.2, 0) is 9.53 Å². The van der Waals surface area contributed by atoms with Gasteiger partial charge in [-0.05, 0) is 50.3 Å². The highest BCUT2D eigenvalue weighted by molar-refractivity contribution is 5.99. The molecule has 0 heterocycles. The van der Waals surface area contributed by atoms with Gasteiger partial charge < -0.3 is 15.8 Å². The van der Waals surface area contributed by atoms with Crippen LogP contribution in [0.4, 0.5) is 5.69 Å². The van der Waals surface area contributed by atoms with Crippen LogP contribution in [0.5, 0.6) is 0 Å². The molecule has 0 radical (unpaired) electrons. The number of rotatable bonds is 5. The van der Waals surface area contributed by atoms with Crippen LogP contribution in [-0.4, -0.2) is 24.0 Å². The minimum atomic E-state index is -0.526. The highest BCUT2D eigenvalue weighted by Gasteiger charge is 2.24. The number of nitrogens with two attached hydrogens (primary N) is 1. The van der Waals surface area contributed by atoms with Crippen LogP contribution in [0.2, 0.25) is 0 Å². The molecule has 3 atom stereocenters. The van der Waals surface area contributed by atoms with Gasteiger partial charge in [0.1, 0.15) is 6.10 Å². The fourth-order valence-corrected chi connectivity index (χ4v) is 3.12. The van der Waals surface area contributed by atoms with Gasteiger partial charge in [0.25, 0.3) is 5.91 Å². The number of anilines is 1. The first-order valence-corrected chi connectivity index (χ1v) is 8.24. The first kappa shape index (κ1) is 17.5. The summed E-state index contributed by atoms with van der Waals surface area (Å²) in [6.45, 7) is 5.75. The third-order valence-electron chi connectivity index (χ3n) is 4.51. The normalized spacial score (nSPS) is 22.4. The Bertz CT molecular complexity index is 586. The summed E-state index contributed by atoms with van der Waals surface area (Å²) in [4.78, 5) is 23.7. The van der Waals surface area contributed by atoms with E-state index in [4.69, 9.17) is 10.5 Å². The van der Waals surface area contributed by atoms with Gasteiger partial charge in [-0.15, -0.1) is 0 Å². The van der Waals surface area contributed by atoms with Gasteiger partial charge in [-0.1, -0.05) is 25.8 Å². The van der Waals surface area contributed by atoms with Crippen molar-refractivity contribution in [3.63, 3.8) is 0 Å². The molecule has 0 spiro atoms. The van der Waals surface area contributed by atoms with Crippen LogP contribution in [0.3, 0.4) is 0 Å². The highest BCUT2D eigenvalue weighted by atomic mass is 16.5. The van der Waals surface area contributed by atoms with E-state index in [1.165, 1.54) is 6.42 Å². The lowest BCUT2D eigenvalue weighted by atomic mass is 9.88. The lowest BCUT2D eigenvalue weighted by Gasteiger charge is -2.29. The van der Waals surface area contributed by atoms with Crippen molar-refractivity contribution in [2.45, 2.75) is 58.7 Å². The zero-order valence-electron chi connectivity index (χ0n) is 14.1. The molecule has 0 unspecified atom stereocenters. The Morgan fingerprint density at radius 3 is 2.74 bits per heavy atom. The molecule has 3 N–H and O–H groups in total. The predicted octanol–water partition coefficient (Wildman–Crippen LogP) is 3.02. The Labute approximate surface area is 137 Å². The molecule has 5 heteroatoms. The maximum absolute atomic E-state index is 12.3. The highest BCUT2D eigenvalue weighted by Crippen LogP contribution is 2.27. The Hall–Kier alpha value is -1.88. The summed E-state index contributed by atoms with van der Waals surface area (Å²) in [7, 11) is 0. The number of hydrogen-bond donors (Lipinski definition) is 2. The quantitative estimate of drug-likeness (QED) is 0.875. The predicted molar refractivity (Wildman–Crippen MR) is 90.3 cm³/mol. The van der Waals surface area contributed by atoms with E-state index in [9.17, 15) is 9.59 Å². The molecule has 1 saturated carbocycles. The second-order valence-electron chi connectivity index (χ2n) is 6.50. The molecule has 0 aliphatic heterocycles. The molecule has 1 aromatic carbocycles. The minimum Gasteiger partial charge on any atom is -0.366 e. The van der Waals surface area contributed by atoms with E-state index in [0.29, 0.717) is 22.7 Å². The number of hydrogen-bond acceptors (Lipinski definition) is 3. The topological polar surface area (TPSA) is 81.4 Å². The number of carbonyl (C=O) groups excluding carboxylic acids is 2. The summed E-state index contributed by atoms with van der Waals surface area (Å²) in [6.07, 6.45) is 4.03. The Morgan fingerprint density at radius 1 is 1.35 bits per heavy atom. The number of carbonyl (C=O) groups is 2. The largest absolute Gasteiger partial charge is 0.366 e. The maximum atomic E-state index is 12.3. The molecule has 0 saturated heterocycles. The van der Waals surface area contributed by atoms with E-state index >= 15 is 0 Å². The molecule has 23 heavy (non-hydrogen) atoms. The number of ether oxygens (including phenoxy) is 1. The van der Waals surface area contributed by atoms with Crippen LogP contribution in [0.15, 0.2) is 18.2 Å². The summed E-state index contributed by atoms with van der Waals surface area (Å²) >= 11 is 0. The Kier molecular flexibility index (Phi) is 5.77. The van der Waals surface area contributed by atoms with Gasteiger partial charge in [0.05, 0.1) is 6.10 Å². The van der Waals surface area contributed by atoms with Crippen LogP contribution >= 0.6 is 0 Å². The molecule has 2 rings (SSSR count). The van der Waals surface area contributed by atoms with E-state index in [-0.39, 0.29) is 12.0 Å². The fourth-order valence-electron chi connectivity index (χ4n) is 3.12. The summed E-state index contributed by atoms with van der Waals surface area (Å²) in [5, 5.41) is 2.83. The van der Waals surface area contributed by atoms with Crippen molar-refractivity contribution in [3.8, 4) is 0 Å². The van der Waals surface area contributed by atoms with Crippen LogP contribution in [0, 0.1) is 12.8 Å². The average Bonchev–Trinajstić information content (AvgIpc) is 2.49. The summed E-state index contributed by atoms with van der Waals surface area (Å²) in [5.74, 6) is -0.0504. The van der Waals surface area contributed by atoms with Crippen LogP contribution in [0.1, 0.15) is 55.5 Å². The molecule has 5 nitrogen and oxygen atoms in total. The second-order valence-corrected chi connectivity index (χ2v) is 6.50. The van der Waals surface area contributed by atoms with Crippen LogP contribution in [0.25, 0.3) is 0 Å². The Morgan fingerprint density at radius 2 is 2.09 bits per heavy atom. The van der Waals surface area contributed by atoms with Crippen molar-refractivity contribution in [1.82, 2.24) is 0 Å². The second kappa shape index (κ2) is 7.59. The van der Waals surface area contributed by atoms with E-state index < -0.39 is 12.0 Å². The fraction of sp³-hybridized carbons (Fsp3) is 0.556. The van der Waals surface area contributed by atoms with E-state index in [2.05, 4.69) is 12.2 Å². The lowest BCUT2D eigenvalue weighted by Crippen LogP contribution is -2.34. The maximum Gasteiger partial charge on any atom is 0.253 e. The Balaban J connectivity index is 1.98. The number of amides is 2. The summed E-state index contributed by atoms with van der Waals surface area (Å²) in [5.41, 5.74) is 7.02. The van der Waals surface area contributed by atoms with E-state index in [0.717, 1.165) is 19.3 Å². The van der Waals surface area contributed by atoms with E-state index in [1.807, 2.05) is 0 Å². The van der Waals surface area contributed by atoms with Gasteiger partial charge in [0.15, 0.2) is 0 Å². The number of nitrogens with one attached hydrogen (secondary N) is 1. The average molecular weight is 318 g/mol. The molecule has 1 aromatic rings. The lowest BCUT2D eigenvalue weighted by molar-refractivity contribution is -0.131. The zero-order chi connectivity index (χ0) is 17.0. The van der Waals surface area contributed by atoms with Crippen molar-refractivity contribution >= 4 is 17.5 Å². The first-order valence-electron chi connectivity index (χ1n) is 8.24. The van der Waals surface area contributed by atoms with Crippen molar-refractivity contribution in [1.29, 1.82) is 0 Å². The minimum absolute atomic E-state index is 0.151. The van der Waals surface area contributed by atoms with Crippen molar-refractivity contribution in [2.75, 3.05) is 5.32 Å². The summed E-state index contributed by atoms with van der Waals surface area (Å²) in [6, 6.07) is 5.11. The molecule has 1 fully saturated rings. The zero-order valence-corrected chi connectivity index (χ0v) is 14.1. The molecular weight excluding hydrogens is 292 g/mol. The van der Waals surface area contributed by atoms with Crippen molar-refractivity contribution < 1.29 is 14.3 Å². The number of benzene rings is 1. The molecule has 0 aromatic heterocycles. The molecular formula is C18H26N2O3. The van der Waals surface area contributed by atoms with Gasteiger partial charge >= 0.3 is 0 Å². The van der Waals surface area contributed by atoms with E-state index in [1.54, 1.807) is 32.0 Å². The van der Waals surface area contributed by atoms with Gasteiger partial charge in [0.2, 0.25) is 5.91 Å². The number of primary amides is 1.